The third-order valence-electron chi connectivity index (χ3n) is 3.69. The Morgan fingerprint density at radius 3 is 2.41 bits per heavy atom. The fraction of sp³-hybridized carbons (Fsp3) is 0.500. The summed E-state index contributed by atoms with van der Waals surface area (Å²) >= 11 is 1.55. The van der Waals surface area contributed by atoms with Gasteiger partial charge in [0.1, 0.15) is 5.82 Å². The van der Waals surface area contributed by atoms with Crippen LogP contribution in [0.15, 0.2) is 29.2 Å². The summed E-state index contributed by atoms with van der Waals surface area (Å²) in [6.45, 7) is 4.23. The molecule has 1 aliphatic rings. The number of hydrogen-bond donors (Lipinski definition) is 0. The molecule has 0 N–H and O–H groups in total. The van der Waals surface area contributed by atoms with Crippen LogP contribution in [0.4, 0.5) is 4.39 Å². The third kappa shape index (κ3) is 5.02. The van der Waals surface area contributed by atoms with Crippen LogP contribution in [-0.2, 0) is 9.59 Å². The summed E-state index contributed by atoms with van der Waals surface area (Å²) in [5.41, 5.74) is 0. The van der Waals surface area contributed by atoms with Gasteiger partial charge >= 0.3 is 0 Å². The fourth-order valence-corrected chi connectivity index (χ4v) is 3.27. The van der Waals surface area contributed by atoms with Crippen molar-refractivity contribution in [2.24, 2.45) is 0 Å². The van der Waals surface area contributed by atoms with Gasteiger partial charge in [-0.2, -0.15) is 0 Å². The summed E-state index contributed by atoms with van der Waals surface area (Å²) in [6, 6.07) is 6.30. The molecule has 0 bridgehead atoms. The number of nitrogens with zero attached hydrogens (tertiary/aromatic N) is 2. The molecule has 0 unspecified atom stereocenters. The van der Waals surface area contributed by atoms with E-state index in [1.54, 1.807) is 35.7 Å². The van der Waals surface area contributed by atoms with Gasteiger partial charge in [-0.15, -0.1) is 11.8 Å². The molecule has 2 rings (SSSR count). The van der Waals surface area contributed by atoms with Crippen molar-refractivity contribution >= 4 is 23.6 Å². The Morgan fingerprint density at radius 2 is 1.73 bits per heavy atom. The van der Waals surface area contributed by atoms with Crippen molar-refractivity contribution in [1.82, 2.24) is 9.80 Å². The zero-order valence-corrected chi connectivity index (χ0v) is 13.6. The zero-order chi connectivity index (χ0) is 15.9. The summed E-state index contributed by atoms with van der Waals surface area (Å²) < 4.78 is 12.8. The van der Waals surface area contributed by atoms with E-state index in [1.165, 1.54) is 12.1 Å². The van der Waals surface area contributed by atoms with E-state index < -0.39 is 0 Å². The number of halogens is 1. The van der Waals surface area contributed by atoms with E-state index in [0.717, 1.165) is 17.9 Å². The second-order valence-corrected chi connectivity index (χ2v) is 6.46. The van der Waals surface area contributed by atoms with Gasteiger partial charge in [0.15, 0.2) is 0 Å². The van der Waals surface area contributed by atoms with Gasteiger partial charge in [0.05, 0.1) is 0 Å². The maximum atomic E-state index is 12.8. The molecule has 1 saturated heterocycles. The molecule has 1 fully saturated rings. The molecular weight excluding hydrogens is 303 g/mol. The Bertz CT molecular complexity index is 521. The fourth-order valence-electron chi connectivity index (χ4n) is 2.43. The molecule has 0 saturated carbocycles. The number of carbonyl (C=O) groups is 2. The molecular formula is C16H21FN2O2S. The third-order valence-corrected chi connectivity index (χ3v) is 4.71. The molecule has 1 aromatic rings. The average molecular weight is 324 g/mol. The minimum absolute atomic E-state index is 0.0705. The molecule has 1 aromatic carbocycles. The summed E-state index contributed by atoms with van der Waals surface area (Å²) in [7, 11) is 0. The highest BCUT2D eigenvalue weighted by Gasteiger charge is 2.19. The van der Waals surface area contributed by atoms with E-state index in [-0.39, 0.29) is 17.6 Å². The molecule has 0 atom stereocenters. The van der Waals surface area contributed by atoms with Crippen LogP contribution in [0.3, 0.4) is 0 Å². The molecule has 0 spiro atoms. The maximum absolute atomic E-state index is 12.8. The van der Waals surface area contributed by atoms with Gasteiger partial charge in [0, 0.05) is 50.2 Å². The van der Waals surface area contributed by atoms with Crippen molar-refractivity contribution in [3.05, 3.63) is 30.1 Å². The van der Waals surface area contributed by atoms with Gasteiger partial charge < -0.3 is 9.80 Å². The van der Waals surface area contributed by atoms with Crippen LogP contribution < -0.4 is 0 Å². The first-order valence-corrected chi connectivity index (χ1v) is 8.46. The first-order valence-electron chi connectivity index (χ1n) is 7.48. The first kappa shape index (κ1) is 16.8. The molecule has 2 amide bonds. The normalized spacial score (nSPS) is 15.5. The topological polar surface area (TPSA) is 40.6 Å². The van der Waals surface area contributed by atoms with E-state index >= 15 is 0 Å². The molecule has 0 aromatic heterocycles. The molecule has 6 heteroatoms. The van der Waals surface area contributed by atoms with Crippen molar-refractivity contribution in [3.8, 4) is 0 Å². The number of rotatable bonds is 4. The lowest BCUT2D eigenvalue weighted by Gasteiger charge is -2.21. The largest absolute Gasteiger partial charge is 0.341 e. The summed E-state index contributed by atoms with van der Waals surface area (Å²) in [6.07, 6.45) is 1.29. The summed E-state index contributed by atoms with van der Waals surface area (Å²) in [4.78, 5) is 28.2. The lowest BCUT2D eigenvalue weighted by Crippen LogP contribution is -2.36. The minimum atomic E-state index is -0.250. The highest BCUT2D eigenvalue weighted by Crippen LogP contribution is 2.19. The van der Waals surface area contributed by atoms with E-state index in [0.29, 0.717) is 31.8 Å². The number of amides is 2. The second kappa shape index (κ2) is 8.17. The number of carbonyl (C=O) groups excluding carboxylic acids is 2. The Morgan fingerprint density at radius 1 is 1.09 bits per heavy atom. The maximum Gasteiger partial charge on any atom is 0.223 e. The van der Waals surface area contributed by atoms with Crippen LogP contribution >= 0.6 is 11.8 Å². The average Bonchev–Trinajstić information content (AvgIpc) is 2.75. The smallest absolute Gasteiger partial charge is 0.223 e. The van der Waals surface area contributed by atoms with Crippen LogP contribution in [0, 0.1) is 5.82 Å². The monoisotopic (exact) mass is 324 g/mol. The second-order valence-electron chi connectivity index (χ2n) is 5.29. The lowest BCUT2D eigenvalue weighted by molar-refractivity contribution is -0.132. The minimum Gasteiger partial charge on any atom is -0.341 e. The molecule has 22 heavy (non-hydrogen) atoms. The molecule has 4 nitrogen and oxygen atoms in total. The number of hydrogen-bond acceptors (Lipinski definition) is 3. The Kier molecular flexibility index (Phi) is 6.24. The Balaban J connectivity index is 1.75. The van der Waals surface area contributed by atoms with Gasteiger partial charge in [0.25, 0.3) is 0 Å². The molecule has 1 aliphatic heterocycles. The molecule has 1 heterocycles. The Hall–Kier alpha value is -1.56. The molecule has 0 radical (unpaired) electrons. The first-order chi connectivity index (χ1) is 10.6. The number of thioether (sulfide) groups is 1. The van der Waals surface area contributed by atoms with Gasteiger partial charge in [-0.3, -0.25) is 9.59 Å². The van der Waals surface area contributed by atoms with Crippen LogP contribution in [0.25, 0.3) is 0 Å². The van der Waals surface area contributed by atoms with E-state index in [2.05, 4.69) is 0 Å². The van der Waals surface area contributed by atoms with Gasteiger partial charge in [-0.05, 0) is 30.7 Å². The van der Waals surface area contributed by atoms with Gasteiger partial charge in [-0.1, -0.05) is 0 Å². The highest BCUT2D eigenvalue weighted by molar-refractivity contribution is 7.99. The quantitative estimate of drug-likeness (QED) is 0.799. The van der Waals surface area contributed by atoms with Crippen molar-refractivity contribution in [2.45, 2.75) is 24.7 Å². The van der Waals surface area contributed by atoms with Crippen molar-refractivity contribution in [2.75, 3.05) is 31.9 Å². The predicted molar refractivity (Wildman–Crippen MR) is 85.2 cm³/mol. The summed E-state index contributed by atoms with van der Waals surface area (Å²) in [5, 5.41) is 0. The van der Waals surface area contributed by atoms with Crippen LogP contribution in [0.1, 0.15) is 19.8 Å². The standard InChI is InChI=1S/C16H21FN2O2S/c1-13(20)18-8-2-9-19(11-10-18)16(21)7-12-22-15-5-3-14(17)4-6-15/h3-6H,2,7-12H2,1H3. The highest BCUT2D eigenvalue weighted by atomic mass is 32.2. The van der Waals surface area contributed by atoms with Crippen LogP contribution in [0.5, 0.6) is 0 Å². The van der Waals surface area contributed by atoms with Gasteiger partial charge in [-0.25, -0.2) is 4.39 Å². The molecule has 120 valence electrons. The van der Waals surface area contributed by atoms with Crippen LogP contribution in [0.2, 0.25) is 0 Å². The van der Waals surface area contributed by atoms with Crippen molar-refractivity contribution in [1.29, 1.82) is 0 Å². The number of benzene rings is 1. The Labute approximate surface area is 134 Å². The molecule has 0 aliphatic carbocycles. The van der Waals surface area contributed by atoms with Crippen molar-refractivity contribution in [3.63, 3.8) is 0 Å². The van der Waals surface area contributed by atoms with E-state index in [9.17, 15) is 14.0 Å². The SMILES string of the molecule is CC(=O)N1CCCN(C(=O)CCSc2ccc(F)cc2)CC1. The van der Waals surface area contributed by atoms with E-state index in [1.807, 2.05) is 4.90 Å². The lowest BCUT2D eigenvalue weighted by atomic mass is 10.3. The summed E-state index contributed by atoms with van der Waals surface area (Å²) in [5.74, 6) is 0.624. The van der Waals surface area contributed by atoms with E-state index in [4.69, 9.17) is 0 Å². The zero-order valence-electron chi connectivity index (χ0n) is 12.8. The van der Waals surface area contributed by atoms with Crippen molar-refractivity contribution < 1.29 is 14.0 Å². The van der Waals surface area contributed by atoms with Crippen LogP contribution in [-0.4, -0.2) is 53.5 Å². The van der Waals surface area contributed by atoms with Gasteiger partial charge in [0.2, 0.25) is 11.8 Å². The predicted octanol–water partition coefficient (Wildman–Crippen LogP) is 2.39.